The predicted octanol–water partition coefficient (Wildman–Crippen LogP) is 3.10. The summed E-state index contributed by atoms with van der Waals surface area (Å²) in [5.74, 6) is -0.378. The van der Waals surface area contributed by atoms with Gasteiger partial charge in [0.05, 0.1) is 12.0 Å². The van der Waals surface area contributed by atoms with Gasteiger partial charge in [-0.3, -0.25) is 14.9 Å². The molecule has 0 saturated carbocycles. The van der Waals surface area contributed by atoms with Crippen molar-refractivity contribution in [1.82, 2.24) is 9.62 Å². The summed E-state index contributed by atoms with van der Waals surface area (Å²) < 4.78 is 33.3. The maximum atomic E-state index is 13.3. The normalized spacial score (nSPS) is 17.2. The Morgan fingerprint density at radius 1 is 1.26 bits per heavy atom. The largest absolute Gasteiger partial charge is 0.495 e. The number of nitro groups is 1. The Labute approximate surface area is 181 Å². The van der Waals surface area contributed by atoms with E-state index in [4.69, 9.17) is 4.74 Å². The average Bonchev–Trinajstić information content (AvgIpc) is 2.77. The number of piperidine rings is 1. The van der Waals surface area contributed by atoms with E-state index in [2.05, 4.69) is 5.32 Å². The minimum Gasteiger partial charge on any atom is -0.495 e. The molecular formula is C21H25N3O6S. The van der Waals surface area contributed by atoms with Gasteiger partial charge in [-0.25, -0.2) is 8.42 Å². The van der Waals surface area contributed by atoms with Gasteiger partial charge < -0.3 is 10.1 Å². The first-order valence-corrected chi connectivity index (χ1v) is 11.4. The second-order valence-electron chi connectivity index (χ2n) is 7.39. The number of methoxy groups -OCH3 is 1. The zero-order valence-electron chi connectivity index (χ0n) is 17.4. The lowest BCUT2D eigenvalue weighted by atomic mass is 10.1. The van der Waals surface area contributed by atoms with Crippen LogP contribution in [0.5, 0.6) is 5.75 Å². The Hall–Kier alpha value is -2.98. The molecule has 1 amide bonds. The van der Waals surface area contributed by atoms with Crippen LogP contribution in [0, 0.1) is 10.1 Å². The van der Waals surface area contributed by atoms with Gasteiger partial charge in [0.25, 0.3) is 11.6 Å². The number of rotatable bonds is 7. The molecule has 1 aliphatic heterocycles. The van der Waals surface area contributed by atoms with Crippen LogP contribution in [0.2, 0.25) is 0 Å². The number of para-hydroxylation sites is 1. The van der Waals surface area contributed by atoms with Crippen molar-refractivity contribution in [2.45, 2.75) is 43.7 Å². The van der Waals surface area contributed by atoms with Crippen LogP contribution < -0.4 is 10.1 Å². The summed E-state index contributed by atoms with van der Waals surface area (Å²) >= 11 is 0. The first-order chi connectivity index (χ1) is 14.8. The third-order valence-electron chi connectivity index (χ3n) is 5.38. The lowest BCUT2D eigenvalue weighted by Gasteiger charge is -2.32. The van der Waals surface area contributed by atoms with Crippen molar-refractivity contribution in [2.75, 3.05) is 13.7 Å². The quantitative estimate of drug-likeness (QED) is 0.515. The number of nitro benzene ring substituents is 1. The Kier molecular flexibility index (Phi) is 6.91. The lowest BCUT2D eigenvalue weighted by Crippen LogP contribution is -2.42. The standard InChI is InChI=1S/C21H25N3O6S/c1-15-7-5-6-12-23(15)31(28,29)20-13-16(10-11-19(20)30-2)21(25)22-14-17-8-3-4-9-18(17)24(26)27/h3-4,8-11,13,15H,5-7,12,14H2,1-2H3,(H,22,25). The highest BCUT2D eigenvalue weighted by Gasteiger charge is 2.33. The van der Waals surface area contributed by atoms with Crippen LogP contribution in [0.3, 0.4) is 0 Å². The highest BCUT2D eigenvalue weighted by atomic mass is 32.2. The van der Waals surface area contributed by atoms with E-state index in [0.717, 1.165) is 19.3 Å². The molecule has 1 saturated heterocycles. The second kappa shape index (κ2) is 9.44. The first kappa shape index (κ1) is 22.7. The smallest absolute Gasteiger partial charge is 0.274 e. The Balaban J connectivity index is 1.86. The SMILES string of the molecule is COc1ccc(C(=O)NCc2ccccc2[N+](=O)[O-])cc1S(=O)(=O)N1CCCCC1C. The topological polar surface area (TPSA) is 119 Å². The summed E-state index contributed by atoms with van der Waals surface area (Å²) in [7, 11) is -2.48. The van der Waals surface area contributed by atoms with E-state index in [-0.39, 0.29) is 34.5 Å². The summed E-state index contributed by atoms with van der Waals surface area (Å²) in [6.45, 7) is 2.22. The van der Waals surface area contributed by atoms with Crippen LogP contribution in [-0.2, 0) is 16.6 Å². The van der Waals surface area contributed by atoms with Gasteiger partial charge in [0.15, 0.2) is 0 Å². The fraction of sp³-hybridized carbons (Fsp3) is 0.381. The molecule has 0 bridgehead atoms. The fourth-order valence-corrected chi connectivity index (χ4v) is 5.57. The number of carbonyl (C=O) groups is 1. The number of amides is 1. The Bertz CT molecular complexity index is 1090. The van der Waals surface area contributed by atoms with E-state index in [9.17, 15) is 23.3 Å². The average molecular weight is 448 g/mol. The molecule has 0 aliphatic carbocycles. The van der Waals surface area contributed by atoms with Gasteiger partial charge in [-0.1, -0.05) is 24.6 Å². The molecule has 2 aromatic rings. The molecule has 1 unspecified atom stereocenters. The number of nitrogens with one attached hydrogen (secondary N) is 1. The highest BCUT2D eigenvalue weighted by Crippen LogP contribution is 2.31. The zero-order valence-corrected chi connectivity index (χ0v) is 18.2. The Morgan fingerprint density at radius 3 is 2.68 bits per heavy atom. The summed E-state index contributed by atoms with van der Waals surface area (Å²) in [4.78, 5) is 23.3. The molecule has 0 radical (unpaired) electrons. The minimum absolute atomic E-state index is 0.0622. The van der Waals surface area contributed by atoms with Crippen molar-refractivity contribution in [3.8, 4) is 5.75 Å². The van der Waals surface area contributed by atoms with Crippen molar-refractivity contribution >= 4 is 21.6 Å². The molecule has 31 heavy (non-hydrogen) atoms. The molecule has 10 heteroatoms. The van der Waals surface area contributed by atoms with Crippen LogP contribution in [0.1, 0.15) is 42.1 Å². The molecule has 9 nitrogen and oxygen atoms in total. The van der Waals surface area contributed by atoms with E-state index in [0.29, 0.717) is 12.1 Å². The number of nitrogens with zero attached hydrogens (tertiary/aromatic N) is 2. The molecule has 1 atom stereocenters. The molecule has 1 N–H and O–H groups in total. The number of hydrogen-bond donors (Lipinski definition) is 1. The molecular weight excluding hydrogens is 422 g/mol. The minimum atomic E-state index is -3.86. The van der Waals surface area contributed by atoms with Crippen LogP contribution in [-0.4, -0.2) is 43.2 Å². The number of sulfonamides is 1. The van der Waals surface area contributed by atoms with Gasteiger partial charge >= 0.3 is 0 Å². The summed E-state index contributed by atoms with van der Waals surface area (Å²) in [6, 6.07) is 10.2. The van der Waals surface area contributed by atoms with E-state index >= 15 is 0 Å². The summed E-state index contributed by atoms with van der Waals surface area (Å²) in [5, 5.41) is 13.8. The van der Waals surface area contributed by atoms with E-state index in [1.165, 1.54) is 35.7 Å². The Morgan fingerprint density at radius 2 is 2.00 bits per heavy atom. The van der Waals surface area contributed by atoms with Crippen LogP contribution in [0.4, 0.5) is 5.69 Å². The summed E-state index contributed by atoms with van der Waals surface area (Å²) in [6.07, 6.45) is 2.53. The maximum absolute atomic E-state index is 13.3. The zero-order chi connectivity index (χ0) is 22.6. The van der Waals surface area contributed by atoms with Gasteiger partial charge in [0.2, 0.25) is 10.0 Å². The second-order valence-corrected chi connectivity index (χ2v) is 9.25. The van der Waals surface area contributed by atoms with Crippen molar-refractivity contribution in [3.63, 3.8) is 0 Å². The van der Waals surface area contributed by atoms with Gasteiger partial charge in [-0.15, -0.1) is 0 Å². The van der Waals surface area contributed by atoms with E-state index in [1.807, 2.05) is 6.92 Å². The molecule has 166 valence electrons. The molecule has 1 fully saturated rings. The van der Waals surface area contributed by atoms with Gasteiger partial charge in [-0.2, -0.15) is 4.31 Å². The molecule has 1 heterocycles. The fourth-order valence-electron chi connectivity index (χ4n) is 3.69. The van der Waals surface area contributed by atoms with E-state index in [1.54, 1.807) is 18.2 Å². The first-order valence-electron chi connectivity index (χ1n) is 9.96. The number of carbonyl (C=O) groups excluding carboxylic acids is 1. The molecule has 0 aromatic heterocycles. The van der Waals surface area contributed by atoms with Crippen molar-refractivity contribution < 1.29 is 22.9 Å². The van der Waals surface area contributed by atoms with Crippen molar-refractivity contribution in [1.29, 1.82) is 0 Å². The number of ether oxygens (including phenoxy) is 1. The maximum Gasteiger partial charge on any atom is 0.274 e. The van der Waals surface area contributed by atoms with Gasteiger partial charge in [0, 0.05) is 36.3 Å². The van der Waals surface area contributed by atoms with Gasteiger partial charge in [0.1, 0.15) is 10.6 Å². The molecule has 1 aliphatic rings. The molecule has 2 aromatic carbocycles. The van der Waals surface area contributed by atoms with Crippen molar-refractivity contribution in [2.24, 2.45) is 0 Å². The molecule has 0 spiro atoms. The highest BCUT2D eigenvalue weighted by molar-refractivity contribution is 7.89. The third-order valence-corrected chi connectivity index (χ3v) is 7.42. The number of benzene rings is 2. The molecule has 3 rings (SSSR count). The lowest BCUT2D eigenvalue weighted by molar-refractivity contribution is -0.385. The van der Waals surface area contributed by atoms with E-state index < -0.39 is 20.9 Å². The number of hydrogen-bond acceptors (Lipinski definition) is 6. The van der Waals surface area contributed by atoms with Crippen LogP contribution in [0.15, 0.2) is 47.4 Å². The van der Waals surface area contributed by atoms with Gasteiger partial charge in [-0.05, 0) is 38.0 Å². The van der Waals surface area contributed by atoms with Crippen LogP contribution >= 0.6 is 0 Å². The van der Waals surface area contributed by atoms with Crippen molar-refractivity contribution in [3.05, 3.63) is 63.7 Å². The predicted molar refractivity (Wildman–Crippen MR) is 114 cm³/mol. The third kappa shape index (κ3) is 4.86. The summed E-state index contributed by atoms with van der Waals surface area (Å²) in [5.41, 5.74) is 0.381. The van der Waals surface area contributed by atoms with Crippen LogP contribution in [0.25, 0.3) is 0 Å². The monoisotopic (exact) mass is 447 g/mol.